The number of rotatable bonds is 3. The maximum absolute atomic E-state index is 12.0. The van der Waals surface area contributed by atoms with Gasteiger partial charge in [0.05, 0.1) is 0 Å². The Bertz CT molecular complexity index is 507. The molecule has 104 valence electrons. The fraction of sp³-hybridized carbons (Fsp3) is 0.800. The van der Waals surface area contributed by atoms with E-state index in [0.717, 1.165) is 23.3 Å². The van der Waals surface area contributed by atoms with Gasteiger partial charge in [-0.25, -0.2) is 0 Å². The molecule has 0 unspecified atom stereocenters. The number of aromatic amines is 2. The molecule has 0 radical (unpaired) electrons. The van der Waals surface area contributed by atoms with Crippen molar-refractivity contribution in [2.45, 2.75) is 50.4 Å². The van der Waals surface area contributed by atoms with Crippen LogP contribution in [0.1, 0.15) is 49.8 Å². The molecule has 4 fully saturated rings. The summed E-state index contributed by atoms with van der Waals surface area (Å²) in [6, 6.07) is 0. The Hall–Kier alpha value is -1.03. The highest BCUT2D eigenvalue weighted by Gasteiger charge is 2.53. The highest BCUT2D eigenvalue weighted by atomic mass is 16.1. The number of nitrogens with two attached hydrogens (primary N) is 1. The van der Waals surface area contributed by atoms with Gasteiger partial charge in [0.15, 0.2) is 0 Å². The van der Waals surface area contributed by atoms with E-state index in [1.807, 2.05) is 0 Å². The van der Waals surface area contributed by atoms with Crippen molar-refractivity contribution in [3.63, 3.8) is 0 Å². The molecule has 4 bridgehead atoms. The number of aromatic nitrogens is 2. The third kappa shape index (κ3) is 1.65. The highest BCUT2D eigenvalue weighted by Crippen LogP contribution is 2.60. The van der Waals surface area contributed by atoms with Crippen LogP contribution in [0.4, 0.5) is 0 Å². The summed E-state index contributed by atoms with van der Waals surface area (Å²) in [5, 5.41) is 6.03. The molecule has 1 aromatic rings. The average molecular weight is 261 g/mol. The van der Waals surface area contributed by atoms with Gasteiger partial charge >= 0.3 is 0 Å². The summed E-state index contributed by atoms with van der Waals surface area (Å²) in [4.78, 5) is 12.0. The van der Waals surface area contributed by atoms with E-state index < -0.39 is 0 Å². The van der Waals surface area contributed by atoms with Crippen LogP contribution in [-0.2, 0) is 11.8 Å². The first kappa shape index (κ1) is 11.8. The van der Waals surface area contributed by atoms with E-state index in [0.29, 0.717) is 13.0 Å². The molecular weight excluding hydrogens is 238 g/mol. The van der Waals surface area contributed by atoms with Crippen LogP contribution in [0, 0.1) is 17.8 Å². The topological polar surface area (TPSA) is 74.7 Å². The van der Waals surface area contributed by atoms with Crippen molar-refractivity contribution in [2.75, 3.05) is 6.54 Å². The van der Waals surface area contributed by atoms with E-state index in [9.17, 15) is 4.79 Å². The van der Waals surface area contributed by atoms with E-state index in [4.69, 9.17) is 5.73 Å². The van der Waals surface area contributed by atoms with E-state index in [2.05, 4.69) is 10.2 Å². The predicted molar refractivity (Wildman–Crippen MR) is 74.0 cm³/mol. The molecule has 0 amide bonds. The van der Waals surface area contributed by atoms with Crippen LogP contribution < -0.4 is 11.3 Å². The van der Waals surface area contributed by atoms with Crippen molar-refractivity contribution in [1.82, 2.24) is 10.2 Å². The fourth-order valence-corrected chi connectivity index (χ4v) is 5.64. The van der Waals surface area contributed by atoms with Gasteiger partial charge in [0.2, 0.25) is 0 Å². The SMILES string of the molecule is NCCc1c(C23CC4CC(CC(C4)C2)C3)[nH][nH]c1=O. The Morgan fingerprint density at radius 2 is 1.63 bits per heavy atom. The van der Waals surface area contributed by atoms with Gasteiger partial charge in [-0.05, 0) is 69.2 Å². The molecule has 5 rings (SSSR count). The first-order valence-electron chi connectivity index (χ1n) is 7.70. The zero-order valence-electron chi connectivity index (χ0n) is 11.4. The van der Waals surface area contributed by atoms with Gasteiger partial charge in [-0.3, -0.25) is 9.89 Å². The molecule has 0 spiro atoms. The Morgan fingerprint density at radius 1 is 1.05 bits per heavy atom. The van der Waals surface area contributed by atoms with Crippen LogP contribution in [0.5, 0.6) is 0 Å². The zero-order chi connectivity index (χ0) is 13.0. The van der Waals surface area contributed by atoms with Gasteiger partial charge < -0.3 is 10.8 Å². The van der Waals surface area contributed by atoms with Crippen molar-refractivity contribution < 1.29 is 0 Å². The van der Waals surface area contributed by atoms with Crippen molar-refractivity contribution in [2.24, 2.45) is 23.5 Å². The molecule has 4 aliphatic rings. The minimum Gasteiger partial charge on any atom is -0.330 e. The molecule has 4 saturated carbocycles. The second-order valence-corrected chi connectivity index (χ2v) is 7.17. The monoisotopic (exact) mass is 261 g/mol. The van der Waals surface area contributed by atoms with Gasteiger partial charge in [-0.15, -0.1) is 0 Å². The minimum atomic E-state index is 0.0520. The Labute approximate surface area is 113 Å². The fourth-order valence-electron chi connectivity index (χ4n) is 5.64. The maximum atomic E-state index is 12.0. The first-order valence-corrected chi connectivity index (χ1v) is 7.70. The summed E-state index contributed by atoms with van der Waals surface area (Å²) in [5.41, 5.74) is 8.14. The van der Waals surface area contributed by atoms with Crippen molar-refractivity contribution >= 4 is 0 Å². The number of nitrogens with one attached hydrogen (secondary N) is 2. The lowest BCUT2D eigenvalue weighted by Crippen LogP contribution is -2.49. The van der Waals surface area contributed by atoms with E-state index in [1.165, 1.54) is 44.2 Å². The molecule has 0 atom stereocenters. The predicted octanol–water partition coefficient (Wildman–Crippen LogP) is 1.67. The van der Waals surface area contributed by atoms with Crippen LogP contribution in [0.2, 0.25) is 0 Å². The summed E-state index contributed by atoms with van der Waals surface area (Å²) in [6.07, 6.45) is 8.84. The molecule has 4 aliphatic carbocycles. The van der Waals surface area contributed by atoms with Gasteiger partial charge in [0, 0.05) is 16.7 Å². The summed E-state index contributed by atoms with van der Waals surface area (Å²) in [5.74, 6) is 2.70. The lowest BCUT2D eigenvalue weighted by Gasteiger charge is -2.56. The standard InChI is InChI=1S/C15H23N3O/c16-2-1-12-13(17-18-14(12)19)15-6-9-3-10(7-15)5-11(4-9)8-15/h9-11H,1-8,16H2,(H2,17,18,19). The van der Waals surface area contributed by atoms with Crippen LogP contribution in [0.15, 0.2) is 4.79 Å². The summed E-state index contributed by atoms with van der Waals surface area (Å²) < 4.78 is 0. The number of hydrogen-bond donors (Lipinski definition) is 3. The van der Waals surface area contributed by atoms with Crippen LogP contribution >= 0.6 is 0 Å². The first-order chi connectivity index (χ1) is 9.20. The smallest absolute Gasteiger partial charge is 0.267 e. The minimum absolute atomic E-state index is 0.0520. The number of hydrogen-bond acceptors (Lipinski definition) is 2. The van der Waals surface area contributed by atoms with Gasteiger partial charge in [0.25, 0.3) is 5.56 Å². The Kier molecular flexibility index (Phi) is 2.47. The second kappa shape index (κ2) is 3.98. The van der Waals surface area contributed by atoms with Crippen LogP contribution in [0.25, 0.3) is 0 Å². The van der Waals surface area contributed by atoms with Crippen LogP contribution in [-0.4, -0.2) is 16.7 Å². The van der Waals surface area contributed by atoms with Gasteiger partial charge in [-0.2, -0.15) is 0 Å². The molecule has 4 nitrogen and oxygen atoms in total. The largest absolute Gasteiger partial charge is 0.330 e. The van der Waals surface area contributed by atoms with Crippen molar-refractivity contribution in [1.29, 1.82) is 0 Å². The summed E-state index contributed by atoms with van der Waals surface area (Å²) >= 11 is 0. The van der Waals surface area contributed by atoms with Crippen molar-refractivity contribution in [3.8, 4) is 0 Å². The maximum Gasteiger partial charge on any atom is 0.267 e. The quantitative estimate of drug-likeness (QED) is 0.774. The molecule has 0 saturated heterocycles. The summed E-state index contributed by atoms with van der Waals surface area (Å²) in [7, 11) is 0. The molecule has 0 aromatic carbocycles. The van der Waals surface area contributed by atoms with E-state index in [-0.39, 0.29) is 11.0 Å². The molecule has 4 heteroatoms. The van der Waals surface area contributed by atoms with Crippen LogP contribution in [0.3, 0.4) is 0 Å². The second-order valence-electron chi connectivity index (χ2n) is 7.17. The normalized spacial score (nSPS) is 39.9. The van der Waals surface area contributed by atoms with E-state index >= 15 is 0 Å². The Balaban J connectivity index is 1.77. The molecular formula is C15H23N3O. The molecule has 1 aromatic heterocycles. The number of H-pyrrole nitrogens is 2. The highest BCUT2D eigenvalue weighted by molar-refractivity contribution is 5.30. The van der Waals surface area contributed by atoms with Gasteiger partial charge in [0.1, 0.15) is 0 Å². The molecule has 19 heavy (non-hydrogen) atoms. The third-order valence-electron chi connectivity index (χ3n) is 5.84. The molecule has 4 N–H and O–H groups in total. The third-order valence-corrected chi connectivity index (χ3v) is 5.84. The lowest BCUT2D eigenvalue weighted by atomic mass is 9.48. The van der Waals surface area contributed by atoms with E-state index in [1.54, 1.807) is 0 Å². The molecule has 0 aliphatic heterocycles. The molecule has 1 heterocycles. The summed E-state index contributed by atoms with van der Waals surface area (Å²) in [6.45, 7) is 0.556. The van der Waals surface area contributed by atoms with Crippen molar-refractivity contribution in [3.05, 3.63) is 21.6 Å². The lowest BCUT2D eigenvalue weighted by molar-refractivity contribution is -0.00760. The van der Waals surface area contributed by atoms with Gasteiger partial charge in [-0.1, -0.05) is 0 Å². The average Bonchev–Trinajstić information content (AvgIpc) is 2.70. The Morgan fingerprint density at radius 3 is 2.16 bits per heavy atom. The zero-order valence-corrected chi connectivity index (χ0v) is 11.4.